The normalized spacial score (nSPS) is 10.4. The van der Waals surface area contributed by atoms with Crippen molar-refractivity contribution in [2.75, 3.05) is 7.11 Å². The summed E-state index contributed by atoms with van der Waals surface area (Å²) in [6.07, 6.45) is 0. The summed E-state index contributed by atoms with van der Waals surface area (Å²) in [6, 6.07) is 6.73. The number of carbonyl (C=O) groups is 1. The van der Waals surface area contributed by atoms with Crippen LogP contribution in [-0.2, 0) is 4.79 Å². The standard InChI is InChI=1S/C15H12Cl2O3/c1-8(2)15(18)20-14-10-5-4-9(16)6-11(10)13(19-3)7-12(14)17/h4-7H,1H2,2-3H3. The van der Waals surface area contributed by atoms with Gasteiger partial charge in [0.2, 0.25) is 0 Å². The predicted molar refractivity (Wildman–Crippen MR) is 81.0 cm³/mol. The molecule has 0 saturated carbocycles. The number of methoxy groups -OCH3 is 1. The van der Waals surface area contributed by atoms with Gasteiger partial charge in [0.25, 0.3) is 0 Å². The molecule has 5 heteroatoms. The van der Waals surface area contributed by atoms with E-state index in [1.807, 2.05) is 0 Å². The average molecular weight is 311 g/mol. The summed E-state index contributed by atoms with van der Waals surface area (Å²) >= 11 is 12.1. The van der Waals surface area contributed by atoms with Crippen molar-refractivity contribution in [3.63, 3.8) is 0 Å². The number of rotatable bonds is 3. The van der Waals surface area contributed by atoms with Crippen LogP contribution >= 0.6 is 23.2 Å². The van der Waals surface area contributed by atoms with Crippen LogP contribution in [0.2, 0.25) is 10.0 Å². The topological polar surface area (TPSA) is 35.5 Å². The van der Waals surface area contributed by atoms with Gasteiger partial charge in [-0.05, 0) is 25.1 Å². The Kier molecular flexibility index (Phi) is 4.21. The van der Waals surface area contributed by atoms with Gasteiger partial charge < -0.3 is 9.47 Å². The fourth-order valence-electron chi connectivity index (χ4n) is 1.76. The van der Waals surface area contributed by atoms with Gasteiger partial charge in [-0.1, -0.05) is 29.8 Å². The SMILES string of the molecule is C=C(C)C(=O)Oc1c(Cl)cc(OC)c2cc(Cl)ccc12. The molecule has 0 saturated heterocycles. The Morgan fingerprint density at radius 1 is 1.20 bits per heavy atom. The highest BCUT2D eigenvalue weighted by atomic mass is 35.5. The number of carbonyl (C=O) groups excluding carboxylic acids is 1. The molecule has 0 unspecified atom stereocenters. The molecule has 0 heterocycles. The van der Waals surface area contributed by atoms with Crippen molar-refractivity contribution >= 4 is 39.9 Å². The number of benzene rings is 2. The highest BCUT2D eigenvalue weighted by Gasteiger charge is 2.16. The van der Waals surface area contributed by atoms with Gasteiger partial charge in [-0.15, -0.1) is 0 Å². The molecule has 0 amide bonds. The minimum atomic E-state index is -0.534. The molecule has 0 atom stereocenters. The lowest BCUT2D eigenvalue weighted by atomic mass is 10.1. The Balaban J connectivity index is 2.68. The van der Waals surface area contributed by atoms with Gasteiger partial charge in [0.15, 0.2) is 5.75 Å². The molecule has 0 aromatic heterocycles. The number of hydrogen-bond acceptors (Lipinski definition) is 3. The Hall–Kier alpha value is -1.71. The maximum absolute atomic E-state index is 11.7. The van der Waals surface area contributed by atoms with Crippen molar-refractivity contribution in [1.82, 2.24) is 0 Å². The third-order valence-electron chi connectivity index (χ3n) is 2.73. The van der Waals surface area contributed by atoms with Gasteiger partial charge in [0.1, 0.15) is 5.75 Å². The second-order valence-electron chi connectivity index (χ2n) is 4.25. The first-order chi connectivity index (χ1) is 9.43. The van der Waals surface area contributed by atoms with Crippen molar-refractivity contribution < 1.29 is 14.3 Å². The van der Waals surface area contributed by atoms with Gasteiger partial charge >= 0.3 is 5.97 Å². The minimum absolute atomic E-state index is 0.270. The van der Waals surface area contributed by atoms with Gasteiger partial charge in [0, 0.05) is 27.4 Å². The number of fused-ring (bicyclic) bond motifs is 1. The van der Waals surface area contributed by atoms with Gasteiger partial charge in [-0.2, -0.15) is 0 Å². The molecule has 0 radical (unpaired) electrons. The van der Waals surface area contributed by atoms with Crippen molar-refractivity contribution in [3.8, 4) is 11.5 Å². The second kappa shape index (κ2) is 5.73. The van der Waals surface area contributed by atoms with E-state index in [-0.39, 0.29) is 10.8 Å². The lowest BCUT2D eigenvalue weighted by Gasteiger charge is -2.13. The summed E-state index contributed by atoms with van der Waals surface area (Å²) in [6.45, 7) is 5.11. The first kappa shape index (κ1) is 14.7. The molecular weight excluding hydrogens is 299 g/mol. The molecule has 2 rings (SSSR count). The summed E-state index contributed by atoms with van der Waals surface area (Å²) < 4.78 is 10.6. The number of ether oxygens (including phenoxy) is 2. The summed E-state index contributed by atoms with van der Waals surface area (Å²) in [5.41, 5.74) is 0.291. The summed E-state index contributed by atoms with van der Waals surface area (Å²) in [5.74, 6) is 0.295. The zero-order chi connectivity index (χ0) is 14.9. The van der Waals surface area contributed by atoms with E-state index in [0.29, 0.717) is 27.1 Å². The summed E-state index contributed by atoms with van der Waals surface area (Å²) in [5, 5.41) is 2.20. The fraction of sp³-hybridized carbons (Fsp3) is 0.133. The third-order valence-corrected chi connectivity index (χ3v) is 3.25. The first-order valence-electron chi connectivity index (χ1n) is 5.77. The summed E-state index contributed by atoms with van der Waals surface area (Å²) in [7, 11) is 1.53. The van der Waals surface area contributed by atoms with E-state index < -0.39 is 5.97 Å². The molecule has 0 fully saturated rings. The van der Waals surface area contributed by atoms with Crippen molar-refractivity contribution in [3.05, 3.63) is 46.5 Å². The van der Waals surface area contributed by atoms with Crippen LogP contribution in [-0.4, -0.2) is 13.1 Å². The molecule has 2 aromatic carbocycles. The van der Waals surface area contributed by atoms with Gasteiger partial charge in [-0.25, -0.2) is 4.79 Å². The van der Waals surface area contributed by atoms with Crippen LogP contribution in [0.15, 0.2) is 36.4 Å². The summed E-state index contributed by atoms with van der Waals surface area (Å²) in [4.78, 5) is 11.7. The van der Waals surface area contributed by atoms with Crippen LogP contribution in [0.4, 0.5) is 0 Å². The van der Waals surface area contributed by atoms with Crippen LogP contribution in [0.25, 0.3) is 10.8 Å². The van der Waals surface area contributed by atoms with Crippen LogP contribution in [0.1, 0.15) is 6.92 Å². The average Bonchev–Trinajstić information content (AvgIpc) is 2.41. The molecule has 20 heavy (non-hydrogen) atoms. The molecule has 0 N–H and O–H groups in total. The highest BCUT2D eigenvalue weighted by Crippen LogP contribution is 2.40. The lowest BCUT2D eigenvalue weighted by molar-refractivity contribution is -0.129. The van der Waals surface area contributed by atoms with Gasteiger partial charge in [-0.3, -0.25) is 0 Å². The molecule has 0 bridgehead atoms. The van der Waals surface area contributed by atoms with Crippen molar-refractivity contribution in [2.24, 2.45) is 0 Å². The van der Waals surface area contributed by atoms with E-state index in [4.69, 9.17) is 32.7 Å². The number of hydrogen-bond donors (Lipinski definition) is 0. The number of halogens is 2. The molecule has 2 aromatic rings. The van der Waals surface area contributed by atoms with E-state index in [0.717, 1.165) is 0 Å². The zero-order valence-electron chi connectivity index (χ0n) is 11.0. The van der Waals surface area contributed by atoms with E-state index in [1.54, 1.807) is 31.2 Å². The molecular formula is C15H12Cl2O3. The quantitative estimate of drug-likeness (QED) is 0.471. The largest absolute Gasteiger partial charge is 0.496 e. The van der Waals surface area contributed by atoms with Gasteiger partial charge in [0.05, 0.1) is 12.1 Å². The Morgan fingerprint density at radius 3 is 2.50 bits per heavy atom. The van der Waals surface area contributed by atoms with Crippen LogP contribution in [0.5, 0.6) is 11.5 Å². The predicted octanol–water partition coefficient (Wildman–Crippen LogP) is 4.64. The van der Waals surface area contributed by atoms with Crippen LogP contribution < -0.4 is 9.47 Å². The molecule has 0 spiro atoms. The molecule has 0 aliphatic heterocycles. The van der Waals surface area contributed by atoms with E-state index >= 15 is 0 Å². The monoisotopic (exact) mass is 310 g/mol. The Labute approximate surface area is 126 Å². The maximum atomic E-state index is 11.7. The van der Waals surface area contributed by atoms with E-state index in [9.17, 15) is 4.79 Å². The zero-order valence-corrected chi connectivity index (χ0v) is 12.5. The van der Waals surface area contributed by atoms with Crippen LogP contribution in [0, 0.1) is 0 Å². The molecule has 104 valence electrons. The molecule has 3 nitrogen and oxygen atoms in total. The Morgan fingerprint density at radius 2 is 1.90 bits per heavy atom. The van der Waals surface area contributed by atoms with Crippen LogP contribution in [0.3, 0.4) is 0 Å². The maximum Gasteiger partial charge on any atom is 0.338 e. The van der Waals surface area contributed by atoms with Crippen molar-refractivity contribution in [1.29, 1.82) is 0 Å². The second-order valence-corrected chi connectivity index (χ2v) is 5.09. The fourth-order valence-corrected chi connectivity index (χ4v) is 2.17. The molecule has 0 aliphatic carbocycles. The lowest BCUT2D eigenvalue weighted by Crippen LogP contribution is -2.09. The van der Waals surface area contributed by atoms with E-state index in [1.165, 1.54) is 7.11 Å². The van der Waals surface area contributed by atoms with Crippen molar-refractivity contribution in [2.45, 2.75) is 6.92 Å². The number of esters is 1. The first-order valence-corrected chi connectivity index (χ1v) is 6.53. The highest BCUT2D eigenvalue weighted by molar-refractivity contribution is 6.34. The molecule has 0 aliphatic rings. The Bertz CT molecular complexity index is 708. The minimum Gasteiger partial charge on any atom is -0.496 e. The third kappa shape index (κ3) is 2.74. The van der Waals surface area contributed by atoms with E-state index in [2.05, 4.69) is 6.58 Å². The smallest absolute Gasteiger partial charge is 0.338 e.